The van der Waals surface area contributed by atoms with Gasteiger partial charge in [0.15, 0.2) is 6.61 Å². The van der Waals surface area contributed by atoms with Crippen LogP contribution in [0.15, 0.2) is 41.5 Å². The van der Waals surface area contributed by atoms with E-state index in [-0.39, 0.29) is 22.4 Å². The monoisotopic (exact) mass is 404 g/mol. The van der Waals surface area contributed by atoms with Crippen molar-refractivity contribution in [3.05, 3.63) is 62.1 Å². The Morgan fingerprint density at radius 3 is 2.42 bits per heavy atom. The average Bonchev–Trinajstić information content (AvgIpc) is 2.55. The maximum absolute atomic E-state index is 11.8. The highest BCUT2D eigenvalue weighted by Crippen LogP contribution is 2.33. The summed E-state index contributed by atoms with van der Waals surface area (Å²) in [5.41, 5.74) is 3.69. The van der Waals surface area contributed by atoms with Crippen LogP contribution in [0.25, 0.3) is 0 Å². The second-order valence-corrected chi connectivity index (χ2v) is 6.33. The number of nitrogens with zero attached hydrogens (tertiary/aromatic N) is 1. The van der Waals surface area contributed by atoms with Crippen molar-refractivity contribution in [2.75, 3.05) is 6.61 Å². The molecule has 1 amide bonds. The number of carbonyl (C=O) groups excluding carboxylic acids is 1. The Balaban J connectivity index is 1.96. The van der Waals surface area contributed by atoms with Crippen LogP contribution in [-0.4, -0.2) is 18.2 Å². The van der Waals surface area contributed by atoms with E-state index in [4.69, 9.17) is 51.1 Å². The minimum Gasteiger partial charge on any atom is -0.482 e. The van der Waals surface area contributed by atoms with E-state index >= 15 is 0 Å². The van der Waals surface area contributed by atoms with E-state index in [2.05, 4.69) is 10.5 Å². The molecule has 0 aliphatic rings. The highest BCUT2D eigenvalue weighted by molar-refractivity contribution is 6.43. The summed E-state index contributed by atoms with van der Waals surface area (Å²) in [4.78, 5) is 11.8. The molecule has 8 heteroatoms. The Hall–Kier alpha value is -1.46. The lowest BCUT2D eigenvalue weighted by Crippen LogP contribution is -2.25. The number of hydrazone groups is 1. The van der Waals surface area contributed by atoms with Gasteiger partial charge in [0.05, 0.1) is 20.8 Å². The number of ether oxygens (including phenoxy) is 1. The molecule has 0 saturated heterocycles. The number of hydrogen-bond acceptors (Lipinski definition) is 3. The van der Waals surface area contributed by atoms with E-state index in [0.717, 1.165) is 5.56 Å². The molecule has 2 rings (SSSR count). The van der Waals surface area contributed by atoms with Gasteiger partial charge in [0.2, 0.25) is 0 Å². The fraction of sp³-hybridized carbons (Fsp3) is 0.125. The Kier molecular flexibility index (Phi) is 6.75. The molecule has 2 aromatic rings. The summed E-state index contributed by atoms with van der Waals surface area (Å²) in [7, 11) is 0. The first-order chi connectivity index (χ1) is 11.4. The molecule has 0 spiro atoms. The van der Waals surface area contributed by atoms with Crippen LogP contribution < -0.4 is 10.2 Å². The maximum atomic E-state index is 11.8. The summed E-state index contributed by atoms with van der Waals surface area (Å²) in [5.74, 6) is -0.198. The SMILES string of the molecule is CC(=NNC(=O)COc1cc(Cl)c(Cl)cc1Cl)c1ccccc1Cl. The highest BCUT2D eigenvalue weighted by Gasteiger charge is 2.10. The third kappa shape index (κ3) is 5.02. The lowest BCUT2D eigenvalue weighted by atomic mass is 10.1. The van der Waals surface area contributed by atoms with Crippen molar-refractivity contribution in [2.24, 2.45) is 5.10 Å². The van der Waals surface area contributed by atoms with Gasteiger partial charge in [-0.05, 0) is 19.1 Å². The van der Waals surface area contributed by atoms with Gasteiger partial charge in [-0.15, -0.1) is 0 Å². The van der Waals surface area contributed by atoms with E-state index < -0.39 is 5.91 Å². The van der Waals surface area contributed by atoms with Gasteiger partial charge in [-0.3, -0.25) is 4.79 Å². The van der Waals surface area contributed by atoms with Crippen molar-refractivity contribution in [3.63, 3.8) is 0 Å². The van der Waals surface area contributed by atoms with Crippen molar-refractivity contribution in [1.29, 1.82) is 0 Å². The Bertz CT molecular complexity index is 794. The topological polar surface area (TPSA) is 50.7 Å². The Morgan fingerprint density at radius 1 is 1.04 bits per heavy atom. The van der Waals surface area contributed by atoms with Crippen molar-refractivity contribution >= 4 is 58.0 Å². The third-order valence-corrected chi connectivity index (χ3v) is 4.29. The van der Waals surface area contributed by atoms with Crippen LogP contribution in [0.2, 0.25) is 20.1 Å². The molecule has 24 heavy (non-hydrogen) atoms. The number of hydrogen-bond donors (Lipinski definition) is 1. The maximum Gasteiger partial charge on any atom is 0.277 e. The van der Waals surface area contributed by atoms with Gasteiger partial charge in [0.1, 0.15) is 5.75 Å². The first kappa shape index (κ1) is 18.9. The van der Waals surface area contributed by atoms with E-state index in [1.165, 1.54) is 12.1 Å². The molecule has 0 radical (unpaired) electrons. The largest absolute Gasteiger partial charge is 0.482 e. The third-order valence-electron chi connectivity index (χ3n) is 2.95. The molecule has 0 saturated carbocycles. The predicted molar refractivity (Wildman–Crippen MR) is 98.8 cm³/mol. The fourth-order valence-corrected chi connectivity index (χ4v) is 2.62. The van der Waals surface area contributed by atoms with Crippen LogP contribution in [0.3, 0.4) is 0 Å². The van der Waals surface area contributed by atoms with Crippen LogP contribution >= 0.6 is 46.4 Å². The van der Waals surface area contributed by atoms with Gasteiger partial charge < -0.3 is 4.74 Å². The van der Waals surface area contributed by atoms with Crippen LogP contribution in [0, 0.1) is 0 Å². The molecule has 2 aromatic carbocycles. The molecule has 0 heterocycles. The quantitative estimate of drug-likeness (QED) is 0.421. The summed E-state index contributed by atoms with van der Waals surface area (Å²) in [6.07, 6.45) is 0. The van der Waals surface area contributed by atoms with Crippen LogP contribution in [0.1, 0.15) is 12.5 Å². The molecule has 0 fully saturated rings. The van der Waals surface area contributed by atoms with Crippen LogP contribution in [0.5, 0.6) is 5.75 Å². The summed E-state index contributed by atoms with van der Waals surface area (Å²) >= 11 is 23.7. The molecule has 0 bridgehead atoms. The molecule has 1 N–H and O–H groups in total. The van der Waals surface area contributed by atoms with Gasteiger partial charge in [0, 0.05) is 16.7 Å². The van der Waals surface area contributed by atoms with E-state index in [0.29, 0.717) is 15.8 Å². The fourth-order valence-electron chi connectivity index (χ4n) is 1.75. The smallest absolute Gasteiger partial charge is 0.277 e. The molecular formula is C16H12Cl4N2O2. The molecule has 0 unspecified atom stereocenters. The molecule has 126 valence electrons. The zero-order chi connectivity index (χ0) is 17.7. The summed E-state index contributed by atoms with van der Waals surface area (Å²) < 4.78 is 5.31. The number of carbonyl (C=O) groups is 1. The van der Waals surface area contributed by atoms with Crippen molar-refractivity contribution < 1.29 is 9.53 Å². The van der Waals surface area contributed by atoms with Crippen LogP contribution in [-0.2, 0) is 4.79 Å². The number of nitrogens with one attached hydrogen (secondary N) is 1. The first-order valence-corrected chi connectivity index (χ1v) is 8.25. The molecule has 0 aromatic heterocycles. The molecular weight excluding hydrogens is 394 g/mol. The van der Waals surface area contributed by atoms with Gasteiger partial charge >= 0.3 is 0 Å². The summed E-state index contributed by atoms with van der Waals surface area (Å²) in [5, 5.41) is 5.39. The van der Waals surface area contributed by atoms with Gasteiger partial charge in [-0.25, -0.2) is 5.43 Å². The first-order valence-electron chi connectivity index (χ1n) is 6.74. The normalized spacial score (nSPS) is 11.3. The zero-order valence-corrected chi connectivity index (χ0v) is 15.5. The van der Waals surface area contributed by atoms with Crippen molar-refractivity contribution in [1.82, 2.24) is 5.43 Å². The van der Waals surface area contributed by atoms with E-state index in [1.807, 2.05) is 12.1 Å². The molecule has 0 aliphatic heterocycles. The number of rotatable bonds is 5. The van der Waals surface area contributed by atoms with Crippen molar-refractivity contribution in [2.45, 2.75) is 6.92 Å². The minimum atomic E-state index is -0.455. The number of benzene rings is 2. The standard InChI is InChI=1S/C16H12Cl4N2O2/c1-9(10-4-2-3-5-11(10)17)21-22-16(23)8-24-15-7-13(19)12(18)6-14(15)20/h2-7H,8H2,1H3,(H,22,23). The van der Waals surface area contributed by atoms with Crippen LogP contribution in [0.4, 0.5) is 0 Å². The number of halogens is 4. The van der Waals surface area contributed by atoms with Gasteiger partial charge in [-0.2, -0.15) is 5.10 Å². The summed E-state index contributed by atoms with van der Waals surface area (Å²) in [6.45, 7) is 1.45. The molecule has 4 nitrogen and oxygen atoms in total. The predicted octanol–water partition coefficient (Wildman–Crippen LogP) is 5.22. The second-order valence-electron chi connectivity index (χ2n) is 4.70. The minimum absolute atomic E-state index is 0.257. The molecule has 0 atom stereocenters. The second kappa shape index (κ2) is 8.58. The van der Waals surface area contributed by atoms with E-state index in [9.17, 15) is 4.79 Å². The Labute approximate surface area is 159 Å². The Morgan fingerprint density at radius 2 is 1.71 bits per heavy atom. The van der Waals surface area contributed by atoms with Gasteiger partial charge in [0.25, 0.3) is 5.91 Å². The average molecular weight is 406 g/mol. The number of amides is 1. The highest BCUT2D eigenvalue weighted by atomic mass is 35.5. The molecule has 0 aliphatic carbocycles. The van der Waals surface area contributed by atoms with Gasteiger partial charge in [-0.1, -0.05) is 64.6 Å². The lowest BCUT2D eigenvalue weighted by molar-refractivity contribution is -0.123. The van der Waals surface area contributed by atoms with E-state index in [1.54, 1.807) is 19.1 Å². The zero-order valence-electron chi connectivity index (χ0n) is 12.4. The van der Waals surface area contributed by atoms with Crippen molar-refractivity contribution in [3.8, 4) is 5.75 Å². The lowest BCUT2D eigenvalue weighted by Gasteiger charge is -2.09. The summed E-state index contributed by atoms with van der Waals surface area (Å²) in [6, 6.07) is 10.1.